The lowest BCUT2D eigenvalue weighted by Crippen LogP contribution is -2.45. The molecule has 2 N–H and O–H groups in total. The SMILES string of the molecule is Cc1cc(F)ccc1OC1CCN(S(=O)(=O)CC(NC(=O)O)c2ccccc2)CC1. The molecule has 0 saturated carbocycles. The zero-order chi connectivity index (χ0) is 21.7. The number of hydrogen-bond donors (Lipinski definition) is 2. The predicted molar refractivity (Wildman–Crippen MR) is 110 cm³/mol. The summed E-state index contributed by atoms with van der Waals surface area (Å²) in [5.74, 6) is -0.0949. The van der Waals surface area contributed by atoms with E-state index < -0.39 is 22.2 Å². The summed E-state index contributed by atoms with van der Waals surface area (Å²) in [5, 5.41) is 11.4. The first-order chi connectivity index (χ1) is 14.2. The molecule has 1 fully saturated rings. The van der Waals surface area contributed by atoms with Crippen molar-refractivity contribution in [3.8, 4) is 5.75 Å². The predicted octanol–water partition coefficient (Wildman–Crippen LogP) is 3.32. The van der Waals surface area contributed by atoms with Crippen molar-refractivity contribution < 1.29 is 27.4 Å². The van der Waals surface area contributed by atoms with Gasteiger partial charge in [0.15, 0.2) is 0 Å². The number of nitrogens with one attached hydrogen (secondary N) is 1. The Hall–Kier alpha value is -2.65. The average molecular weight is 437 g/mol. The summed E-state index contributed by atoms with van der Waals surface area (Å²) >= 11 is 0. The fourth-order valence-corrected chi connectivity index (χ4v) is 5.20. The van der Waals surface area contributed by atoms with E-state index in [-0.39, 0.29) is 30.8 Å². The topological polar surface area (TPSA) is 95.9 Å². The van der Waals surface area contributed by atoms with Crippen molar-refractivity contribution in [1.82, 2.24) is 9.62 Å². The van der Waals surface area contributed by atoms with Gasteiger partial charge in [0, 0.05) is 13.1 Å². The van der Waals surface area contributed by atoms with E-state index >= 15 is 0 Å². The number of sulfonamides is 1. The second-order valence-corrected chi connectivity index (χ2v) is 9.33. The molecule has 162 valence electrons. The van der Waals surface area contributed by atoms with Crippen LogP contribution in [-0.4, -0.2) is 48.9 Å². The third-order valence-electron chi connectivity index (χ3n) is 5.10. The zero-order valence-corrected chi connectivity index (χ0v) is 17.4. The largest absolute Gasteiger partial charge is 0.490 e. The second-order valence-electron chi connectivity index (χ2n) is 7.32. The molecule has 0 aliphatic carbocycles. The highest BCUT2D eigenvalue weighted by Gasteiger charge is 2.32. The number of ether oxygens (including phenoxy) is 1. The number of aryl methyl sites for hydroxylation is 1. The van der Waals surface area contributed by atoms with E-state index in [2.05, 4.69) is 5.32 Å². The van der Waals surface area contributed by atoms with Crippen LogP contribution < -0.4 is 10.1 Å². The third kappa shape index (κ3) is 5.70. The molecule has 1 saturated heterocycles. The van der Waals surface area contributed by atoms with Gasteiger partial charge in [-0.25, -0.2) is 21.9 Å². The molecule has 7 nitrogen and oxygen atoms in total. The molecule has 9 heteroatoms. The number of halogens is 1. The van der Waals surface area contributed by atoms with Crippen molar-refractivity contribution in [3.05, 3.63) is 65.5 Å². The Bertz CT molecular complexity index is 976. The van der Waals surface area contributed by atoms with E-state index in [9.17, 15) is 17.6 Å². The summed E-state index contributed by atoms with van der Waals surface area (Å²) in [6.07, 6.45) is -0.444. The molecule has 1 amide bonds. The molecule has 1 heterocycles. The fourth-order valence-electron chi connectivity index (χ4n) is 3.52. The molecular formula is C21H25FN2O5S. The Morgan fingerprint density at radius 1 is 1.23 bits per heavy atom. The number of nitrogens with zero attached hydrogens (tertiary/aromatic N) is 1. The minimum Gasteiger partial charge on any atom is -0.490 e. The van der Waals surface area contributed by atoms with Crippen molar-refractivity contribution in [2.24, 2.45) is 0 Å². The van der Waals surface area contributed by atoms with E-state index in [0.717, 1.165) is 0 Å². The number of benzene rings is 2. The maximum atomic E-state index is 13.2. The van der Waals surface area contributed by atoms with Crippen molar-refractivity contribution >= 4 is 16.1 Å². The molecule has 0 spiro atoms. The van der Waals surface area contributed by atoms with Gasteiger partial charge < -0.3 is 15.2 Å². The fraction of sp³-hybridized carbons (Fsp3) is 0.381. The highest BCUT2D eigenvalue weighted by molar-refractivity contribution is 7.89. The van der Waals surface area contributed by atoms with Gasteiger partial charge in [0.2, 0.25) is 10.0 Å². The van der Waals surface area contributed by atoms with E-state index in [0.29, 0.717) is 29.7 Å². The molecule has 1 atom stereocenters. The van der Waals surface area contributed by atoms with Crippen LogP contribution in [0.1, 0.15) is 30.0 Å². The quantitative estimate of drug-likeness (QED) is 0.694. The molecule has 0 bridgehead atoms. The second kappa shape index (κ2) is 9.44. The van der Waals surface area contributed by atoms with Gasteiger partial charge in [-0.3, -0.25) is 0 Å². The Kier molecular flexibility index (Phi) is 6.94. The van der Waals surface area contributed by atoms with Gasteiger partial charge in [0.1, 0.15) is 17.7 Å². The number of amides is 1. The van der Waals surface area contributed by atoms with E-state index in [1.54, 1.807) is 43.3 Å². The van der Waals surface area contributed by atoms with Crippen LogP contribution in [0, 0.1) is 12.7 Å². The van der Waals surface area contributed by atoms with Gasteiger partial charge in [-0.05, 0) is 49.1 Å². The Balaban J connectivity index is 1.62. The lowest BCUT2D eigenvalue weighted by atomic mass is 10.1. The van der Waals surface area contributed by atoms with E-state index in [1.807, 2.05) is 0 Å². The number of carbonyl (C=O) groups is 1. The summed E-state index contributed by atoms with van der Waals surface area (Å²) in [6.45, 7) is 2.32. The maximum absolute atomic E-state index is 13.2. The molecule has 30 heavy (non-hydrogen) atoms. The number of rotatable bonds is 7. The molecule has 1 aliphatic rings. The molecule has 0 aromatic heterocycles. The first-order valence-electron chi connectivity index (χ1n) is 9.69. The summed E-state index contributed by atoms with van der Waals surface area (Å²) in [6, 6.07) is 12.1. The Morgan fingerprint density at radius 2 is 1.90 bits per heavy atom. The van der Waals surface area contributed by atoms with Gasteiger partial charge in [-0.2, -0.15) is 0 Å². The lowest BCUT2D eigenvalue weighted by molar-refractivity contribution is 0.134. The van der Waals surface area contributed by atoms with Gasteiger partial charge in [0.05, 0.1) is 11.8 Å². The summed E-state index contributed by atoms with van der Waals surface area (Å²) in [4.78, 5) is 11.2. The molecule has 2 aromatic rings. The number of piperidine rings is 1. The molecule has 3 rings (SSSR count). The molecular weight excluding hydrogens is 411 g/mol. The molecule has 2 aromatic carbocycles. The van der Waals surface area contributed by atoms with Crippen LogP contribution in [0.3, 0.4) is 0 Å². The summed E-state index contributed by atoms with van der Waals surface area (Å²) < 4.78 is 46.4. The lowest BCUT2D eigenvalue weighted by Gasteiger charge is -2.32. The van der Waals surface area contributed by atoms with Crippen molar-refractivity contribution in [1.29, 1.82) is 0 Å². The van der Waals surface area contributed by atoms with Gasteiger partial charge in [0.25, 0.3) is 0 Å². The Labute approximate surface area is 175 Å². The van der Waals surface area contributed by atoms with Crippen molar-refractivity contribution in [2.75, 3.05) is 18.8 Å². The van der Waals surface area contributed by atoms with Crippen LogP contribution >= 0.6 is 0 Å². The molecule has 1 unspecified atom stereocenters. The first kappa shape index (κ1) is 22.0. The van der Waals surface area contributed by atoms with Gasteiger partial charge in [-0.15, -0.1) is 0 Å². The van der Waals surface area contributed by atoms with Crippen LogP contribution in [-0.2, 0) is 10.0 Å². The van der Waals surface area contributed by atoms with Crippen LogP contribution in [0.25, 0.3) is 0 Å². The molecule has 0 radical (unpaired) electrons. The van der Waals surface area contributed by atoms with Gasteiger partial charge in [-0.1, -0.05) is 30.3 Å². The minimum atomic E-state index is -3.68. The minimum absolute atomic E-state index is 0.164. The monoisotopic (exact) mass is 436 g/mol. The maximum Gasteiger partial charge on any atom is 0.405 e. The number of hydrogen-bond acceptors (Lipinski definition) is 4. The van der Waals surface area contributed by atoms with Gasteiger partial charge >= 0.3 is 6.09 Å². The highest BCUT2D eigenvalue weighted by atomic mass is 32.2. The smallest absolute Gasteiger partial charge is 0.405 e. The van der Waals surface area contributed by atoms with Crippen LogP contribution in [0.15, 0.2) is 48.5 Å². The van der Waals surface area contributed by atoms with Crippen LogP contribution in [0.4, 0.5) is 9.18 Å². The standard InChI is InChI=1S/C21H25FN2O5S/c1-15-13-17(22)7-8-20(15)29-18-9-11-24(12-10-18)30(27,28)14-19(23-21(25)26)16-5-3-2-4-6-16/h2-8,13,18-19,23H,9-12,14H2,1H3,(H,25,26). The van der Waals surface area contributed by atoms with E-state index in [1.165, 1.54) is 16.4 Å². The summed E-state index contributed by atoms with van der Waals surface area (Å²) in [7, 11) is -3.68. The third-order valence-corrected chi connectivity index (χ3v) is 7.01. The first-order valence-corrected chi connectivity index (χ1v) is 11.3. The Morgan fingerprint density at radius 3 is 2.50 bits per heavy atom. The molecule has 1 aliphatic heterocycles. The van der Waals surface area contributed by atoms with Crippen molar-refractivity contribution in [2.45, 2.75) is 31.9 Å². The van der Waals surface area contributed by atoms with Crippen LogP contribution in [0.5, 0.6) is 5.75 Å². The summed E-state index contributed by atoms with van der Waals surface area (Å²) in [5.41, 5.74) is 1.28. The zero-order valence-electron chi connectivity index (χ0n) is 16.6. The number of carboxylic acid groups (broad SMARTS) is 1. The highest BCUT2D eigenvalue weighted by Crippen LogP contribution is 2.25. The van der Waals surface area contributed by atoms with Crippen LogP contribution in [0.2, 0.25) is 0 Å². The van der Waals surface area contributed by atoms with E-state index in [4.69, 9.17) is 9.84 Å². The average Bonchev–Trinajstić information content (AvgIpc) is 2.70. The normalized spacial score (nSPS) is 16.7. The van der Waals surface area contributed by atoms with Crippen molar-refractivity contribution in [3.63, 3.8) is 0 Å².